The number of carbonyl (C=O) groups is 1. The van der Waals surface area contributed by atoms with E-state index in [2.05, 4.69) is 20.0 Å². The van der Waals surface area contributed by atoms with Crippen LogP contribution in [0.4, 0.5) is 10.3 Å². The maximum atomic E-state index is 14.1. The van der Waals surface area contributed by atoms with Gasteiger partial charge in [0.25, 0.3) is 5.91 Å². The molecule has 2 heterocycles. The molecular weight excluding hydrogens is 397 g/mol. The van der Waals surface area contributed by atoms with E-state index in [0.29, 0.717) is 0 Å². The lowest BCUT2D eigenvalue weighted by molar-refractivity contribution is 0.0406. The topological polar surface area (TPSA) is 93.7 Å². The second-order valence-electron chi connectivity index (χ2n) is 8.39. The Morgan fingerprint density at radius 2 is 1.84 bits per heavy atom. The lowest BCUT2D eigenvalue weighted by Gasteiger charge is -2.31. The number of anilines is 1. The van der Waals surface area contributed by atoms with Gasteiger partial charge in [0.1, 0.15) is 11.9 Å². The summed E-state index contributed by atoms with van der Waals surface area (Å²) in [5.74, 6) is -0.256. The van der Waals surface area contributed by atoms with Crippen molar-refractivity contribution in [1.29, 1.82) is 0 Å². The number of aromatic nitrogens is 2. The van der Waals surface area contributed by atoms with Gasteiger partial charge in [-0.15, -0.1) is 0 Å². The highest BCUT2D eigenvalue weighted by atomic mass is 19.1. The average Bonchev–Trinajstić information content (AvgIpc) is 2.79. The third-order valence-electron chi connectivity index (χ3n) is 6.12. The molecule has 0 unspecified atom stereocenters. The van der Waals surface area contributed by atoms with Gasteiger partial charge >= 0.3 is 0 Å². The van der Waals surface area contributed by atoms with Crippen molar-refractivity contribution in [1.82, 2.24) is 9.97 Å². The fourth-order valence-corrected chi connectivity index (χ4v) is 4.22. The second-order valence-corrected chi connectivity index (χ2v) is 8.39. The SMILES string of the molecule is Cc1cnc(N2CCC(ON=C3CCC(c4ccc(C(N)=O)c(F)c4)CC3)CC2)nc1. The number of nitrogens with two attached hydrogens (primary N) is 1. The van der Waals surface area contributed by atoms with Crippen LogP contribution in [0.5, 0.6) is 0 Å². The number of nitrogens with zero attached hydrogens (tertiary/aromatic N) is 4. The summed E-state index contributed by atoms with van der Waals surface area (Å²) in [6.45, 7) is 3.69. The number of oxime groups is 1. The maximum absolute atomic E-state index is 14.1. The van der Waals surface area contributed by atoms with Gasteiger partial charge in [0, 0.05) is 38.3 Å². The Kier molecular flexibility index (Phi) is 6.44. The van der Waals surface area contributed by atoms with Crippen molar-refractivity contribution in [2.24, 2.45) is 10.9 Å². The predicted molar refractivity (Wildman–Crippen MR) is 117 cm³/mol. The van der Waals surface area contributed by atoms with Crippen molar-refractivity contribution in [3.63, 3.8) is 0 Å². The van der Waals surface area contributed by atoms with Gasteiger partial charge in [-0.3, -0.25) is 4.79 Å². The highest BCUT2D eigenvalue weighted by Gasteiger charge is 2.24. The Bertz CT molecular complexity index is 945. The van der Waals surface area contributed by atoms with Crippen LogP contribution in [0.2, 0.25) is 0 Å². The number of hydrogen-bond acceptors (Lipinski definition) is 6. The average molecular weight is 426 g/mol. The first-order chi connectivity index (χ1) is 15.0. The summed E-state index contributed by atoms with van der Waals surface area (Å²) >= 11 is 0. The summed E-state index contributed by atoms with van der Waals surface area (Å²) in [7, 11) is 0. The maximum Gasteiger partial charge on any atom is 0.251 e. The molecule has 8 heteroatoms. The summed E-state index contributed by atoms with van der Waals surface area (Å²) in [4.78, 5) is 28.0. The third-order valence-corrected chi connectivity index (χ3v) is 6.12. The van der Waals surface area contributed by atoms with Gasteiger partial charge in [0.05, 0.1) is 11.3 Å². The zero-order chi connectivity index (χ0) is 21.8. The van der Waals surface area contributed by atoms with Gasteiger partial charge in [-0.25, -0.2) is 14.4 Å². The molecule has 2 N–H and O–H groups in total. The van der Waals surface area contributed by atoms with Crippen molar-refractivity contribution < 1.29 is 14.0 Å². The van der Waals surface area contributed by atoms with Crippen LogP contribution >= 0.6 is 0 Å². The molecule has 2 aliphatic rings. The summed E-state index contributed by atoms with van der Waals surface area (Å²) < 4.78 is 14.1. The normalized spacial score (nSPS) is 19.9. The van der Waals surface area contributed by atoms with Gasteiger partial charge in [-0.2, -0.15) is 0 Å². The Morgan fingerprint density at radius 1 is 1.16 bits per heavy atom. The smallest absolute Gasteiger partial charge is 0.251 e. The van der Waals surface area contributed by atoms with Crippen molar-refractivity contribution >= 4 is 17.6 Å². The monoisotopic (exact) mass is 425 g/mol. The molecule has 7 nitrogen and oxygen atoms in total. The number of rotatable bonds is 5. The first kappa shape index (κ1) is 21.2. The van der Waals surface area contributed by atoms with E-state index in [-0.39, 0.29) is 17.6 Å². The molecule has 1 aliphatic carbocycles. The van der Waals surface area contributed by atoms with E-state index in [1.807, 2.05) is 19.3 Å². The molecule has 0 spiro atoms. The first-order valence-corrected chi connectivity index (χ1v) is 10.8. The number of halogens is 1. The Balaban J connectivity index is 1.24. The van der Waals surface area contributed by atoms with Crippen LogP contribution in [-0.2, 0) is 4.84 Å². The summed E-state index contributed by atoms with van der Waals surface area (Å²) in [5, 5.41) is 4.43. The summed E-state index contributed by atoms with van der Waals surface area (Å²) in [6.07, 6.45) is 9.02. The predicted octanol–water partition coefficient (Wildman–Crippen LogP) is 3.72. The largest absolute Gasteiger partial charge is 0.392 e. The Labute approximate surface area is 181 Å². The van der Waals surface area contributed by atoms with Crippen LogP contribution in [-0.4, -0.2) is 40.8 Å². The molecule has 0 radical (unpaired) electrons. The van der Waals surface area contributed by atoms with E-state index in [1.54, 1.807) is 6.07 Å². The van der Waals surface area contributed by atoms with Crippen LogP contribution in [0.25, 0.3) is 0 Å². The first-order valence-electron chi connectivity index (χ1n) is 10.8. The number of carbonyl (C=O) groups excluding carboxylic acids is 1. The molecular formula is C23H28FN5O2. The quantitative estimate of drug-likeness (QED) is 0.737. The standard InChI is InChI=1S/C23H28FN5O2/c1-15-13-26-23(27-14-15)29-10-8-19(9-11-29)31-28-18-5-2-16(3-6-18)17-4-7-20(22(25)30)21(24)12-17/h4,7,12-14,16,19H,2-3,5-6,8-11H2,1H3,(H2,25,30). The van der Waals surface area contributed by atoms with Gasteiger partial charge in [-0.1, -0.05) is 11.2 Å². The highest BCUT2D eigenvalue weighted by molar-refractivity contribution is 5.93. The van der Waals surface area contributed by atoms with E-state index in [1.165, 1.54) is 12.1 Å². The Hall–Kier alpha value is -3.03. The van der Waals surface area contributed by atoms with Crippen molar-refractivity contribution in [3.05, 3.63) is 53.1 Å². The number of piperidine rings is 1. The zero-order valence-corrected chi connectivity index (χ0v) is 17.8. The van der Waals surface area contributed by atoms with E-state index in [4.69, 9.17) is 10.6 Å². The lowest BCUT2D eigenvalue weighted by Crippen LogP contribution is -2.37. The lowest BCUT2D eigenvalue weighted by atomic mass is 9.83. The fourth-order valence-electron chi connectivity index (χ4n) is 4.22. The molecule has 1 saturated carbocycles. The molecule has 1 amide bonds. The van der Waals surface area contributed by atoms with Crippen LogP contribution < -0.4 is 10.6 Å². The molecule has 0 bridgehead atoms. The summed E-state index contributed by atoms with van der Waals surface area (Å²) in [5.41, 5.74) is 8.15. The fraction of sp³-hybridized carbons (Fsp3) is 0.478. The molecule has 31 heavy (non-hydrogen) atoms. The van der Waals surface area contributed by atoms with Crippen LogP contribution in [0.3, 0.4) is 0 Å². The number of benzene rings is 1. The van der Waals surface area contributed by atoms with Gasteiger partial charge in [0.15, 0.2) is 0 Å². The zero-order valence-electron chi connectivity index (χ0n) is 17.8. The molecule has 1 saturated heterocycles. The molecule has 164 valence electrons. The van der Waals surface area contributed by atoms with Crippen molar-refractivity contribution in [3.8, 4) is 0 Å². The van der Waals surface area contributed by atoms with Gasteiger partial charge < -0.3 is 15.5 Å². The molecule has 1 aromatic heterocycles. The summed E-state index contributed by atoms with van der Waals surface area (Å²) in [6, 6.07) is 4.72. The van der Waals surface area contributed by atoms with E-state index in [0.717, 1.165) is 74.4 Å². The molecule has 1 aromatic carbocycles. The number of aryl methyl sites for hydroxylation is 1. The molecule has 2 aromatic rings. The van der Waals surface area contributed by atoms with Gasteiger partial charge in [-0.05, 0) is 61.8 Å². The van der Waals surface area contributed by atoms with E-state index >= 15 is 0 Å². The van der Waals surface area contributed by atoms with Crippen LogP contribution in [0, 0.1) is 12.7 Å². The van der Waals surface area contributed by atoms with Crippen LogP contribution in [0.1, 0.15) is 65.9 Å². The molecule has 0 atom stereocenters. The molecule has 4 rings (SSSR count). The third kappa shape index (κ3) is 5.18. The number of hydrogen-bond donors (Lipinski definition) is 1. The molecule has 1 aliphatic heterocycles. The minimum absolute atomic E-state index is 0.0600. The minimum Gasteiger partial charge on any atom is -0.392 e. The number of amides is 1. The van der Waals surface area contributed by atoms with Crippen LogP contribution in [0.15, 0.2) is 35.7 Å². The van der Waals surface area contributed by atoms with Crippen molar-refractivity contribution in [2.45, 2.75) is 57.5 Å². The van der Waals surface area contributed by atoms with E-state index < -0.39 is 11.7 Å². The Morgan fingerprint density at radius 3 is 2.45 bits per heavy atom. The van der Waals surface area contributed by atoms with Crippen molar-refractivity contribution in [2.75, 3.05) is 18.0 Å². The van der Waals surface area contributed by atoms with Gasteiger partial charge in [0.2, 0.25) is 5.95 Å². The van der Waals surface area contributed by atoms with E-state index in [9.17, 15) is 9.18 Å². The highest BCUT2D eigenvalue weighted by Crippen LogP contribution is 2.32. The minimum atomic E-state index is -0.739. The molecule has 2 fully saturated rings. The number of primary amides is 1. The second kappa shape index (κ2) is 9.41.